The molecule has 0 radical (unpaired) electrons. The van der Waals surface area contributed by atoms with E-state index in [2.05, 4.69) is 37.9 Å². The van der Waals surface area contributed by atoms with Crippen LogP contribution in [0.2, 0.25) is 0 Å². The first kappa shape index (κ1) is 18.7. The van der Waals surface area contributed by atoms with Crippen LogP contribution in [0.4, 0.5) is 13.2 Å². The summed E-state index contributed by atoms with van der Waals surface area (Å²) in [6.45, 7) is 10.0. The standard InChI is InChI=1S/C15H29F3N2O/c1-5-12(4)13-9-20(14(8-19-13)11(2)3)6-7-21-10-15(16,17)18/h11-14,19H,5-10H2,1-4H3. The Labute approximate surface area is 126 Å². The Hall–Kier alpha value is -0.330. The lowest BCUT2D eigenvalue weighted by molar-refractivity contribution is -0.175. The first-order chi connectivity index (χ1) is 9.74. The number of hydrogen-bond donors (Lipinski definition) is 1. The number of piperazine rings is 1. The lowest BCUT2D eigenvalue weighted by atomic mass is 9.92. The fourth-order valence-corrected chi connectivity index (χ4v) is 2.80. The number of rotatable bonds is 7. The van der Waals surface area contributed by atoms with Crippen molar-refractivity contribution in [3.63, 3.8) is 0 Å². The molecule has 21 heavy (non-hydrogen) atoms. The summed E-state index contributed by atoms with van der Waals surface area (Å²) < 4.78 is 41.0. The van der Waals surface area contributed by atoms with Crippen LogP contribution in [-0.4, -0.2) is 56.0 Å². The van der Waals surface area contributed by atoms with Gasteiger partial charge in [0.05, 0.1) is 6.61 Å². The van der Waals surface area contributed by atoms with Crippen LogP contribution in [0.25, 0.3) is 0 Å². The maximum Gasteiger partial charge on any atom is 0.411 e. The topological polar surface area (TPSA) is 24.5 Å². The van der Waals surface area contributed by atoms with Crippen molar-refractivity contribution in [2.75, 3.05) is 32.8 Å². The van der Waals surface area contributed by atoms with Gasteiger partial charge < -0.3 is 10.1 Å². The van der Waals surface area contributed by atoms with E-state index in [1.54, 1.807) is 0 Å². The van der Waals surface area contributed by atoms with E-state index >= 15 is 0 Å². The van der Waals surface area contributed by atoms with E-state index in [-0.39, 0.29) is 6.61 Å². The van der Waals surface area contributed by atoms with Crippen LogP contribution in [0.5, 0.6) is 0 Å². The molecule has 0 aromatic heterocycles. The van der Waals surface area contributed by atoms with Crippen LogP contribution < -0.4 is 5.32 Å². The number of hydrogen-bond acceptors (Lipinski definition) is 3. The molecule has 0 spiro atoms. The van der Waals surface area contributed by atoms with Gasteiger partial charge in [-0.25, -0.2) is 0 Å². The second-order valence-corrected chi connectivity index (χ2v) is 6.37. The fraction of sp³-hybridized carbons (Fsp3) is 1.00. The van der Waals surface area contributed by atoms with Crippen LogP contribution in [0.3, 0.4) is 0 Å². The van der Waals surface area contributed by atoms with Gasteiger partial charge in [-0.05, 0) is 11.8 Å². The van der Waals surface area contributed by atoms with Gasteiger partial charge in [-0.15, -0.1) is 0 Å². The zero-order valence-corrected chi connectivity index (χ0v) is 13.5. The van der Waals surface area contributed by atoms with Crippen molar-refractivity contribution in [2.24, 2.45) is 11.8 Å². The van der Waals surface area contributed by atoms with Crippen LogP contribution in [0, 0.1) is 11.8 Å². The van der Waals surface area contributed by atoms with Gasteiger partial charge in [-0.2, -0.15) is 13.2 Å². The van der Waals surface area contributed by atoms with E-state index in [1.807, 2.05) is 0 Å². The zero-order valence-electron chi connectivity index (χ0n) is 13.5. The lowest BCUT2D eigenvalue weighted by Gasteiger charge is -2.44. The zero-order chi connectivity index (χ0) is 16.0. The molecular formula is C15H29F3N2O. The normalized spacial score (nSPS) is 26.3. The molecule has 1 fully saturated rings. The van der Waals surface area contributed by atoms with E-state index in [9.17, 15) is 13.2 Å². The Bertz CT molecular complexity index is 297. The van der Waals surface area contributed by atoms with E-state index in [1.165, 1.54) is 0 Å². The minimum Gasteiger partial charge on any atom is -0.371 e. The summed E-state index contributed by atoms with van der Waals surface area (Å²) in [5.74, 6) is 1.04. The quantitative estimate of drug-likeness (QED) is 0.732. The highest BCUT2D eigenvalue weighted by Crippen LogP contribution is 2.20. The van der Waals surface area contributed by atoms with Gasteiger partial charge in [0.15, 0.2) is 0 Å². The van der Waals surface area contributed by atoms with Gasteiger partial charge in [0.25, 0.3) is 0 Å². The molecule has 1 heterocycles. The van der Waals surface area contributed by atoms with Gasteiger partial charge in [0.2, 0.25) is 0 Å². The Morgan fingerprint density at radius 2 is 1.95 bits per heavy atom. The fourth-order valence-electron chi connectivity index (χ4n) is 2.80. The molecule has 1 N–H and O–H groups in total. The van der Waals surface area contributed by atoms with Crippen molar-refractivity contribution in [1.29, 1.82) is 0 Å². The van der Waals surface area contributed by atoms with Gasteiger partial charge in [-0.3, -0.25) is 4.90 Å². The maximum atomic E-state index is 12.1. The molecule has 1 saturated heterocycles. The number of alkyl halides is 3. The van der Waals surface area contributed by atoms with Crippen molar-refractivity contribution < 1.29 is 17.9 Å². The van der Waals surface area contributed by atoms with Crippen molar-refractivity contribution in [2.45, 2.75) is 52.4 Å². The highest BCUT2D eigenvalue weighted by Gasteiger charge is 2.32. The smallest absolute Gasteiger partial charge is 0.371 e. The Kier molecular flexibility index (Phi) is 7.44. The van der Waals surface area contributed by atoms with Gasteiger partial charge in [0, 0.05) is 31.7 Å². The molecule has 3 nitrogen and oxygen atoms in total. The Morgan fingerprint density at radius 1 is 1.29 bits per heavy atom. The highest BCUT2D eigenvalue weighted by atomic mass is 19.4. The van der Waals surface area contributed by atoms with Crippen molar-refractivity contribution in [3.8, 4) is 0 Å². The van der Waals surface area contributed by atoms with Crippen LogP contribution in [0.15, 0.2) is 0 Å². The summed E-state index contributed by atoms with van der Waals surface area (Å²) in [6.07, 6.45) is -3.14. The number of ether oxygens (including phenoxy) is 1. The minimum atomic E-state index is -4.24. The first-order valence-electron chi connectivity index (χ1n) is 7.86. The summed E-state index contributed by atoms with van der Waals surface area (Å²) in [6, 6.07) is 0.771. The predicted molar refractivity (Wildman–Crippen MR) is 78.3 cm³/mol. The van der Waals surface area contributed by atoms with Crippen LogP contribution in [-0.2, 0) is 4.74 Å². The van der Waals surface area contributed by atoms with E-state index < -0.39 is 12.8 Å². The predicted octanol–water partition coefficient (Wildman–Crippen LogP) is 2.91. The summed E-state index contributed by atoms with van der Waals surface area (Å²) in [7, 11) is 0. The SMILES string of the molecule is CCC(C)C1CN(CCOCC(F)(F)F)C(C(C)C)CN1. The molecule has 3 unspecified atom stereocenters. The van der Waals surface area contributed by atoms with E-state index in [0.29, 0.717) is 30.5 Å². The molecule has 0 amide bonds. The van der Waals surface area contributed by atoms with Crippen molar-refractivity contribution in [3.05, 3.63) is 0 Å². The van der Waals surface area contributed by atoms with Gasteiger partial charge >= 0.3 is 6.18 Å². The number of nitrogens with one attached hydrogen (secondary N) is 1. The second-order valence-electron chi connectivity index (χ2n) is 6.37. The molecule has 126 valence electrons. The third-order valence-corrected chi connectivity index (χ3v) is 4.38. The molecule has 3 atom stereocenters. The van der Waals surface area contributed by atoms with Crippen molar-refractivity contribution in [1.82, 2.24) is 10.2 Å². The molecule has 6 heteroatoms. The molecule has 0 aromatic rings. The average molecular weight is 310 g/mol. The third-order valence-electron chi connectivity index (χ3n) is 4.38. The van der Waals surface area contributed by atoms with Gasteiger partial charge in [0.1, 0.15) is 6.61 Å². The first-order valence-corrected chi connectivity index (χ1v) is 7.86. The monoisotopic (exact) mass is 310 g/mol. The second kappa shape index (κ2) is 8.34. The average Bonchev–Trinajstić information content (AvgIpc) is 2.41. The maximum absolute atomic E-state index is 12.1. The Morgan fingerprint density at radius 3 is 2.48 bits per heavy atom. The minimum absolute atomic E-state index is 0.135. The van der Waals surface area contributed by atoms with Crippen LogP contribution in [0.1, 0.15) is 34.1 Å². The molecule has 0 bridgehead atoms. The largest absolute Gasteiger partial charge is 0.411 e. The molecule has 0 saturated carbocycles. The molecule has 0 aromatic carbocycles. The van der Waals surface area contributed by atoms with E-state index in [4.69, 9.17) is 4.74 Å². The summed E-state index contributed by atoms with van der Waals surface area (Å²) in [4.78, 5) is 2.29. The molecule has 0 aliphatic carbocycles. The summed E-state index contributed by atoms with van der Waals surface area (Å²) in [5, 5.41) is 3.58. The van der Waals surface area contributed by atoms with Crippen LogP contribution >= 0.6 is 0 Å². The van der Waals surface area contributed by atoms with Gasteiger partial charge in [-0.1, -0.05) is 34.1 Å². The summed E-state index contributed by atoms with van der Waals surface area (Å²) in [5.41, 5.74) is 0. The molecule has 1 aliphatic rings. The molecule has 1 rings (SSSR count). The summed E-state index contributed by atoms with van der Waals surface area (Å²) >= 11 is 0. The lowest BCUT2D eigenvalue weighted by Crippen LogP contribution is -2.60. The number of halogens is 3. The molecule has 1 aliphatic heterocycles. The molecular weight excluding hydrogens is 281 g/mol. The Balaban J connectivity index is 2.47. The highest BCUT2D eigenvalue weighted by molar-refractivity contribution is 4.89. The van der Waals surface area contributed by atoms with E-state index in [0.717, 1.165) is 19.5 Å². The third kappa shape index (κ3) is 6.53. The van der Waals surface area contributed by atoms with Crippen molar-refractivity contribution >= 4 is 0 Å². The number of nitrogens with zero attached hydrogens (tertiary/aromatic N) is 1.